The van der Waals surface area contributed by atoms with Crippen molar-refractivity contribution in [3.8, 4) is 5.69 Å². The van der Waals surface area contributed by atoms with Crippen LogP contribution < -0.4 is 10.9 Å². The van der Waals surface area contributed by atoms with E-state index in [1.165, 1.54) is 14.4 Å². The van der Waals surface area contributed by atoms with E-state index < -0.39 is 10.0 Å². The Bertz CT molecular complexity index is 1350. The van der Waals surface area contributed by atoms with Gasteiger partial charge in [0.25, 0.3) is 5.56 Å². The first kappa shape index (κ1) is 23.7. The van der Waals surface area contributed by atoms with Gasteiger partial charge in [-0.05, 0) is 43.5 Å². The summed E-state index contributed by atoms with van der Waals surface area (Å²) < 4.78 is 30.0. The van der Waals surface area contributed by atoms with Gasteiger partial charge in [0, 0.05) is 31.5 Å². The number of benzene rings is 2. The summed E-state index contributed by atoms with van der Waals surface area (Å²) in [6.45, 7) is 2.29. The van der Waals surface area contributed by atoms with E-state index in [9.17, 15) is 18.0 Å². The SMILES string of the molecule is Cc1c(NC(=O)C2CCN(S(=O)(=O)C=Cc3ccccc3)CC2)c(=O)n(-c2ccccc2)n1C. The smallest absolute Gasteiger partial charge is 0.295 e. The molecule has 0 spiro atoms. The minimum absolute atomic E-state index is 0.247. The van der Waals surface area contributed by atoms with Gasteiger partial charge in [-0.1, -0.05) is 48.5 Å². The maximum Gasteiger partial charge on any atom is 0.295 e. The molecule has 0 unspecified atom stereocenters. The van der Waals surface area contributed by atoms with E-state index in [1.807, 2.05) is 60.7 Å². The number of amides is 1. The summed E-state index contributed by atoms with van der Waals surface area (Å²) in [6.07, 6.45) is 2.36. The third-order valence-electron chi connectivity index (χ3n) is 6.22. The highest BCUT2D eigenvalue weighted by atomic mass is 32.2. The van der Waals surface area contributed by atoms with Gasteiger partial charge < -0.3 is 5.32 Å². The van der Waals surface area contributed by atoms with Crippen LogP contribution in [0.15, 0.2) is 70.9 Å². The minimum atomic E-state index is -3.57. The van der Waals surface area contributed by atoms with Gasteiger partial charge in [-0.15, -0.1) is 0 Å². The Morgan fingerprint density at radius 2 is 1.59 bits per heavy atom. The molecule has 2 aromatic carbocycles. The Morgan fingerprint density at radius 3 is 2.21 bits per heavy atom. The summed E-state index contributed by atoms with van der Waals surface area (Å²) in [5.41, 5.74) is 2.11. The van der Waals surface area contributed by atoms with Gasteiger partial charge in [0.05, 0.1) is 11.4 Å². The summed E-state index contributed by atoms with van der Waals surface area (Å²) in [5, 5.41) is 4.01. The second kappa shape index (κ2) is 9.82. The largest absolute Gasteiger partial charge is 0.320 e. The molecule has 1 aliphatic rings. The van der Waals surface area contributed by atoms with Crippen molar-refractivity contribution in [1.82, 2.24) is 13.7 Å². The number of carbonyl (C=O) groups excluding carboxylic acids is 1. The molecule has 1 aromatic heterocycles. The summed E-state index contributed by atoms with van der Waals surface area (Å²) in [6, 6.07) is 18.5. The van der Waals surface area contributed by atoms with Gasteiger partial charge in [-0.2, -0.15) is 4.31 Å². The number of aromatic nitrogens is 2. The molecule has 0 bridgehead atoms. The number of piperidine rings is 1. The molecule has 4 rings (SSSR count). The van der Waals surface area contributed by atoms with Crippen LogP contribution in [0.3, 0.4) is 0 Å². The van der Waals surface area contributed by atoms with Crippen molar-refractivity contribution in [1.29, 1.82) is 0 Å². The normalized spacial score (nSPS) is 15.6. The van der Waals surface area contributed by atoms with E-state index in [1.54, 1.807) is 24.7 Å². The van der Waals surface area contributed by atoms with Gasteiger partial charge in [0.15, 0.2) is 0 Å². The summed E-state index contributed by atoms with van der Waals surface area (Å²) >= 11 is 0. The van der Waals surface area contributed by atoms with Gasteiger partial charge in [-0.3, -0.25) is 14.3 Å². The molecule has 1 aliphatic heterocycles. The van der Waals surface area contributed by atoms with E-state index in [2.05, 4.69) is 5.32 Å². The average Bonchev–Trinajstić information content (AvgIpc) is 3.07. The quantitative estimate of drug-likeness (QED) is 0.587. The summed E-state index contributed by atoms with van der Waals surface area (Å²) in [4.78, 5) is 26.0. The van der Waals surface area contributed by atoms with Gasteiger partial charge in [0.2, 0.25) is 15.9 Å². The third-order valence-corrected chi connectivity index (χ3v) is 7.78. The lowest BCUT2D eigenvalue weighted by atomic mass is 9.97. The number of rotatable bonds is 6. The Hall–Kier alpha value is -3.43. The number of hydrogen-bond acceptors (Lipinski definition) is 4. The van der Waals surface area contributed by atoms with Crippen LogP contribution in [-0.4, -0.2) is 41.1 Å². The van der Waals surface area contributed by atoms with Crippen molar-refractivity contribution >= 4 is 27.7 Å². The standard InChI is InChI=1S/C25H28N4O4S/c1-19-23(25(31)29(27(19)2)22-11-7-4-8-12-22)26-24(30)21-13-16-28(17-14-21)34(32,33)18-15-20-9-5-3-6-10-20/h3-12,15,18,21H,13-14,16-17H2,1-2H3,(H,26,30). The maximum absolute atomic E-state index is 13.0. The number of nitrogens with zero attached hydrogens (tertiary/aromatic N) is 3. The monoisotopic (exact) mass is 480 g/mol. The first-order valence-corrected chi connectivity index (χ1v) is 12.7. The predicted molar refractivity (Wildman–Crippen MR) is 133 cm³/mol. The fraction of sp³-hybridized carbons (Fsp3) is 0.280. The number of anilines is 1. The van der Waals surface area contributed by atoms with Crippen LogP contribution in [0.1, 0.15) is 24.1 Å². The third kappa shape index (κ3) is 4.90. The summed E-state index contributed by atoms with van der Waals surface area (Å²) in [5.74, 6) is -0.628. The zero-order valence-electron chi connectivity index (χ0n) is 19.2. The highest BCUT2D eigenvalue weighted by Crippen LogP contribution is 2.23. The average molecular weight is 481 g/mol. The van der Waals surface area contributed by atoms with Gasteiger partial charge in [0.1, 0.15) is 5.69 Å². The first-order chi connectivity index (χ1) is 16.3. The molecule has 0 saturated carbocycles. The fourth-order valence-electron chi connectivity index (χ4n) is 4.12. The van der Waals surface area contributed by atoms with Crippen molar-refractivity contribution in [2.24, 2.45) is 13.0 Å². The molecule has 178 valence electrons. The molecular weight excluding hydrogens is 452 g/mol. The molecular formula is C25H28N4O4S. The highest BCUT2D eigenvalue weighted by molar-refractivity contribution is 7.92. The molecule has 3 aromatic rings. The fourth-order valence-corrected chi connectivity index (χ4v) is 5.35. The van der Waals surface area contributed by atoms with E-state index in [0.717, 1.165) is 5.56 Å². The Morgan fingerprint density at radius 1 is 1.00 bits per heavy atom. The van der Waals surface area contributed by atoms with Crippen LogP contribution in [0, 0.1) is 12.8 Å². The molecule has 2 heterocycles. The number of carbonyl (C=O) groups is 1. The molecule has 9 heteroatoms. The second-order valence-electron chi connectivity index (χ2n) is 8.36. The highest BCUT2D eigenvalue weighted by Gasteiger charge is 2.31. The Balaban J connectivity index is 1.42. The minimum Gasteiger partial charge on any atom is -0.320 e. The van der Waals surface area contributed by atoms with Crippen molar-refractivity contribution in [2.75, 3.05) is 18.4 Å². The van der Waals surface area contributed by atoms with Crippen LogP contribution >= 0.6 is 0 Å². The number of sulfonamides is 1. The number of para-hydroxylation sites is 1. The molecule has 34 heavy (non-hydrogen) atoms. The van der Waals surface area contributed by atoms with Crippen LogP contribution in [-0.2, 0) is 21.9 Å². The lowest BCUT2D eigenvalue weighted by Crippen LogP contribution is -2.41. The zero-order valence-corrected chi connectivity index (χ0v) is 20.0. The Labute approximate surface area is 199 Å². The van der Waals surface area contributed by atoms with Crippen LogP contribution in [0.2, 0.25) is 0 Å². The van der Waals surface area contributed by atoms with Crippen LogP contribution in [0.5, 0.6) is 0 Å². The molecule has 1 N–H and O–H groups in total. The zero-order chi connectivity index (χ0) is 24.3. The van der Waals surface area contributed by atoms with E-state index >= 15 is 0 Å². The van der Waals surface area contributed by atoms with Crippen LogP contribution in [0.25, 0.3) is 11.8 Å². The van der Waals surface area contributed by atoms with Crippen molar-refractivity contribution in [2.45, 2.75) is 19.8 Å². The van der Waals surface area contributed by atoms with Crippen molar-refractivity contribution < 1.29 is 13.2 Å². The van der Waals surface area contributed by atoms with Crippen LogP contribution in [0.4, 0.5) is 5.69 Å². The lowest BCUT2D eigenvalue weighted by molar-refractivity contribution is -0.120. The topological polar surface area (TPSA) is 93.4 Å². The molecule has 8 nitrogen and oxygen atoms in total. The lowest BCUT2D eigenvalue weighted by Gasteiger charge is -2.29. The van der Waals surface area contributed by atoms with E-state index in [0.29, 0.717) is 24.2 Å². The molecule has 1 amide bonds. The van der Waals surface area contributed by atoms with Gasteiger partial charge in [-0.25, -0.2) is 13.1 Å². The maximum atomic E-state index is 13.0. The molecule has 0 aliphatic carbocycles. The van der Waals surface area contributed by atoms with E-state index in [4.69, 9.17) is 0 Å². The first-order valence-electron chi connectivity index (χ1n) is 11.2. The number of hydrogen-bond donors (Lipinski definition) is 1. The molecule has 1 fully saturated rings. The number of nitrogens with one attached hydrogen (secondary N) is 1. The molecule has 1 saturated heterocycles. The van der Waals surface area contributed by atoms with E-state index in [-0.39, 0.29) is 36.2 Å². The molecule has 0 atom stereocenters. The predicted octanol–water partition coefficient (Wildman–Crippen LogP) is 3.14. The Kier molecular flexibility index (Phi) is 6.85. The van der Waals surface area contributed by atoms with Gasteiger partial charge >= 0.3 is 0 Å². The molecule has 0 radical (unpaired) electrons. The second-order valence-corrected chi connectivity index (χ2v) is 10.2. The van der Waals surface area contributed by atoms with Crippen molar-refractivity contribution in [3.05, 3.63) is 87.7 Å². The van der Waals surface area contributed by atoms with Crippen molar-refractivity contribution in [3.63, 3.8) is 0 Å². The summed E-state index contributed by atoms with van der Waals surface area (Å²) in [7, 11) is -1.80.